The van der Waals surface area contributed by atoms with Crippen LogP contribution in [0, 0.1) is 0 Å². The number of rotatable bonds is 3. The second kappa shape index (κ2) is 16.7. The first kappa shape index (κ1) is 52.6. The van der Waals surface area contributed by atoms with E-state index in [1.807, 2.05) is 0 Å². The number of anilines is 6. The summed E-state index contributed by atoms with van der Waals surface area (Å²) in [6.45, 7) is 47.7. The summed E-state index contributed by atoms with van der Waals surface area (Å²) in [5.74, 6) is 1.93. The molecule has 8 aromatic rings. The average Bonchev–Trinajstić information content (AvgIpc) is 3.77. The third-order valence-electron chi connectivity index (χ3n) is 19.6. The Kier molecular flexibility index (Phi) is 11.3. The first-order valence-electron chi connectivity index (χ1n) is 29.5. The second-order valence-electron chi connectivity index (χ2n) is 31.2. The predicted molar refractivity (Wildman–Crippen MR) is 338 cm³/mol. The fourth-order valence-electron chi connectivity index (χ4n) is 14.0. The van der Waals surface area contributed by atoms with Crippen LogP contribution in [0.15, 0.2) is 115 Å². The van der Waals surface area contributed by atoms with E-state index in [9.17, 15) is 0 Å². The van der Waals surface area contributed by atoms with Crippen LogP contribution >= 0.6 is 0 Å². The molecule has 0 radical (unpaired) electrons. The van der Waals surface area contributed by atoms with Gasteiger partial charge in [0.25, 0.3) is 6.71 Å². The lowest BCUT2D eigenvalue weighted by Gasteiger charge is -2.44. The summed E-state index contributed by atoms with van der Waals surface area (Å²) in [6, 6.07) is 46.5. The molecule has 2 aliphatic carbocycles. The van der Waals surface area contributed by atoms with Gasteiger partial charge in [-0.05, 0) is 191 Å². The standard InChI is InChI=1S/C73H87BN4/c1-66(2,3)44-21-27-48(28-22-44)76-58-31-25-46(68(7,8)9)37-56(58)74-57-38-47(69(10,11)12)26-32-59(57)77(49-29-23-45(24-30-49)67(4,5)6)65-64(74)62(76)43-63(75-65)78-60-41-54-52(70(13,14)33-35-72(54,17)18)39-50(60)51-40-53-55(42-61(51)78)73(19,20)36-34-71(53,15)16/h21-32,37-43H,33-36H2,1-20H3. The van der Waals surface area contributed by atoms with Crippen LogP contribution in [0.3, 0.4) is 0 Å². The zero-order chi connectivity index (χ0) is 56.0. The Balaban J connectivity index is 1.26. The molecule has 0 saturated heterocycles. The number of fused-ring (bicyclic) bond motifs is 9. The largest absolute Gasteiger partial charge is 0.311 e. The number of pyridine rings is 1. The lowest BCUT2D eigenvalue weighted by Crippen LogP contribution is -2.62. The first-order valence-corrected chi connectivity index (χ1v) is 29.5. The van der Waals surface area contributed by atoms with Gasteiger partial charge in [0.2, 0.25) is 0 Å². The van der Waals surface area contributed by atoms with E-state index in [2.05, 4.69) is 268 Å². The zero-order valence-corrected chi connectivity index (χ0v) is 51.2. The van der Waals surface area contributed by atoms with Crippen molar-refractivity contribution in [3.63, 3.8) is 0 Å². The molecule has 0 bridgehead atoms. The third-order valence-corrected chi connectivity index (χ3v) is 19.6. The van der Waals surface area contributed by atoms with Crippen molar-refractivity contribution in [1.29, 1.82) is 0 Å². The summed E-state index contributed by atoms with van der Waals surface area (Å²) in [7, 11) is 0. The molecule has 78 heavy (non-hydrogen) atoms. The van der Waals surface area contributed by atoms with E-state index >= 15 is 0 Å². The van der Waals surface area contributed by atoms with Crippen LogP contribution in [0.5, 0.6) is 0 Å². The van der Waals surface area contributed by atoms with E-state index in [0.29, 0.717) is 0 Å². The molecule has 5 heteroatoms. The quantitative estimate of drug-likeness (QED) is 0.165. The summed E-state index contributed by atoms with van der Waals surface area (Å²) < 4.78 is 2.60. The van der Waals surface area contributed by atoms with Crippen molar-refractivity contribution in [3.8, 4) is 5.82 Å². The van der Waals surface area contributed by atoms with E-state index in [0.717, 1.165) is 35.9 Å². The maximum Gasteiger partial charge on any atom is 0.254 e. The Morgan fingerprint density at radius 3 is 1.12 bits per heavy atom. The molecule has 0 N–H and O–H groups in total. The molecule has 4 aliphatic rings. The first-order chi connectivity index (χ1) is 36.2. The molecular weight excluding hydrogens is 944 g/mol. The van der Waals surface area contributed by atoms with Gasteiger partial charge in [-0.25, -0.2) is 4.98 Å². The molecule has 4 heterocycles. The van der Waals surface area contributed by atoms with Crippen molar-refractivity contribution < 1.29 is 0 Å². The Hall–Kier alpha value is -6.07. The monoisotopic (exact) mass is 1030 g/mol. The van der Waals surface area contributed by atoms with Crippen LogP contribution < -0.4 is 26.2 Å². The fourth-order valence-corrected chi connectivity index (χ4v) is 14.0. The predicted octanol–water partition coefficient (Wildman–Crippen LogP) is 18.1. The van der Waals surface area contributed by atoms with Gasteiger partial charge in [0.05, 0.1) is 11.0 Å². The summed E-state index contributed by atoms with van der Waals surface area (Å²) in [5.41, 5.74) is 23.5. The molecule has 12 rings (SSSR count). The number of nitrogens with zero attached hydrogens (tertiary/aromatic N) is 4. The molecule has 0 unspecified atom stereocenters. The Bertz CT molecular complexity index is 3530. The molecular formula is C73H87BN4. The highest BCUT2D eigenvalue weighted by Crippen LogP contribution is 2.53. The van der Waals surface area contributed by atoms with Crippen LogP contribution in [-0.4, -0.2) is 16.3 Å². The van der Waals surface area contributed by atoms with E-state index in [1.165, 1.54) is 113 Å². The highest BCUT2D eigenvalue weighted by atomic mass is 15.2. The summed E-state index contributed by atoms with van der Waals surface area (Å²) in [4.78, 5) is 11.4. The van der Waals surface area contributed by atoms with Crippen LogP contribution in [0.4, 0.5) is 34.3 Å². The number of hydrogen-bond donors (Lipinski definition) is 0. The van der Waals surface area contributed by atoms with E-state index in [1.54, 1.807) is 0 Å². The van der Waals surface area contributed by atoms with Crippen molar-refractivity contribution in [2.45, 2.75) is 207 Å². The SMILES string of the molecule is CC(C)(C)c1ccc(N2c3ccc(C(C)(C)C)cc3B3c4cc(C(C)(C)C)ccc4N(c4ccc(C(C)(C)C)cc4)c4nc(-n5c6cc7c(cc6c6cc8c(cc65)C(C)(C)CCC8(C)C)C(C)(C)CCC7(C)C)cc2c43)cc1. The van der Waals surface area contributed by atoms with Gasteiger partial charge in [-0.3, -0.25) is 9.47 Å². The Morgan fingerprint density at radius 1 is 0.385 bits per heavy atom. The molecule has 0 spiro atoms. The van der Waals surface area contributed by atoms with Gasteiger partial charge in [0.1, 0.15) is 11.6 Å². The lowest BCUT2D eigenvalue weighted by atomic mass is 9.33. The van der Waals surface area contributed by atoms with Crippen LogP contribution in [0.25, 0.3) is 27.6 Å². The van der Waals surface area contributed by atoms with Crippen molar-refractivity contribution in [3.05, 3.63) is 160 Å². The normalized spacial score (nSPS) is 18.1. The Morgan fingerprint density at radius 2 is 0.731 bits per heavy atom. The molecule has 2 aliphatic heterocycles. The van der Waals surface area contributed by atoms with Gasteiger partial charge < -0.3 is 4.90 Å². The minimum atomic E-state index is -0.0791. The molecule has 4 nitrogen and oxygen atoms in total. The highest BCUT2D eigenvalue weighted by molar-refractivity contribution is 7.00. The summed E-state index contributed by atoms with van der Waals surface area (Å²) >= 11 is 0. The minimum absolute atomic E-state index is 0.00234. The van der Waals surface area contributed by atoms with E-state index in [-0.39, 0.29) is 50.0 Å². The van der Waals surface area contributed by atoms with Crippen LogP contribution in [0.1, 0.15) is 209 Å². The summed E-state index contributed by atoms with van der Waals surface area (Å²) in [5, 5.41) is 2.65. The van der Waals surface area contributed by atoms with Crippen molar-refractivity contribution in [1.82, 2.24) is 9.55 Å². The molecule has 0 fully saturated rings. The molecule has 0 saturated carbocycles. The van der Waals surface area contributed by atoms with Gasteiger partial charge in [0.15, 0.2) is 0 Å². The van der Waals surface area contributed by atoms with Crippen molar-refractivity contribution in [2.75, 3.05) is 9.80 Å². The van der Waals surface area contributed by atoms with Crippen molar-refractivity contribution >= 4 is 79.2 Å². The smallest absolute Gasteiger partial charge is 0.254 e. The van der Waals surface area contributed by atoms with E-state index in [4.69, 9.17) is 4.98 Å². The molecule has 402 valence electrons. The maximum atomic E-state index is 6.28. The van der Waals surface area contributed by atoms with Crippen LogP contribution in [0.2, 0.25) is 0 Å². The molecule has 0 atom stereocenters. The highest BCUT2D eigenvalue weighted by Gasteiger charge is 2.47. The van der Waals surface area contributed by atoms with Gasteiger partial charge in [0, 0.05) is 45.3 Å². The third kappa shape index (κ3) is 8.15. The average molecular weight is 1030 g/mol. The maximum absolute atomic E-state index is 6.28. The lowest BCUT2D eigenvalue weighted by molar-refractivity contribution is 0.332. The summed E-state index contributed by atoms with van der Waals surface area (Å²) in [6.07, 6.45) is 4.63. The molecule has 2 aromatic heterocycles. The number of hydrogen-bond acceptors (Lipinski definition) is 3. The second-order valence-corrected chi connectivity index (χ2v) is 31.2. The number of aromatic nitrogens is 2. The van der Waals surface area contributed by atoms with Gasteiger partial charge in [-0.2, -0.15) is 0 Å². The fraction of sp³-hybridized carbons (Fsp3) is 0.438. The van der Waals surface area contributed by atoms with Crippen molar-refractivity contribution in [2.24, 2.45) is 0 Å². The zero-order valence-electron chi connectivity index (χ0n) is 51.2. The van der Waals surface area contributed by atoms with Gasteiger partial charge in [-0.1, -0.05) is 187 Å². The Labute approximate surface area is 469 Å². The molecule has 0 amide bonds. The molecule has 6 aromatic carbocycles. The van der Waals surface area contributed by atoms with Gasteiger partial charge >= 0.3 is 0 Å². The topological polar surface area (TPSA) is 24.3 Å². The minimum Gasteiger partial charge on any atom is -0.311 e. The van der Waals surface area contributed by atoms with Crippen LogP contribution in [-0.2, 0) is 43.3 Å². The van der Waals surface area contributed by atoms with E-state index < -0.39 is 0 Å². The number of benzene rings is 6. The van der Waals surface area contributed by atoms with Gasteiger partial charge in [-0.15, -0.1) is 0 Å².